The summed E-state index contributed by atoms with van der Waals surface area (Å²) in [5.41, 5.74) is 0.851. The average molecular weight is 377 g/mol. The van der Waals surface area contributed by atoms with E-state index in [9.17, 15) is 14.4 Å². The van der Waals surface area contributed by atoms with E-state index in [2.05, 4.69) is 10.3 Å². The molecule has 138 valence electrons. The number of aromatic nitrogens is 1. The Morgan fingerprint density at radius 1 is 1.27 bits per heavy atom. The van der Waals surface area contributed by atoms with Crippen molar-refractivity contribution in [3.8, 4) is 0 Å². The van der Waals surface area contributed by atoms with Crippen LogP contribution in [-0.2, 0) is 20.7 Å². The number of thiazole rings is 1. The Balaban J connectivity index is 2.00. The van der Waals surface area contributed by atoms with E-state index in [0.717, 1.165) is 11.3 Å². The Labute approximate surface area is 154 Å². The SMILES string of the molecule is COCCN(CC(=O)Nc1nc(CC(=O)O)cs1)C(=O)c1ccccc1. The van der Waals surface area contributed by atoms with Gasteiger partial charge >= 0.3 is 5.97 Å². The second-order valence-electron chi connectivity index (χ2n) is 5.35. The van der Waals surface area contributed by atoms with Gasteiger partial charge in [-0.25, -0.2) is 4.98 Å². The van der Waals surface area contributed by atoms with Crippen LogP contribution in [0.25, 0.3) is 0 Å². The molecule has 1 heterocycles. The lowest BCUT2D eigenvalue weighted by Crippen LogP contribution is -2.40. The average Bonchev–Trinajstić information content (AvgIpc) is 3.04. The number of methoxy groups -OCH3 is 1. The molecule has 0 saturated carbocycles. The largest absolute Gasteiger partial charge is 0.481 e. The molecule has 2 N–H and O–H groups in total. The second-order valence-corrected chi connectivity index (χ2v) is 6.21. The summed E-state index contributed by atoms with van der Waals surface area (Å²) in [6.07, 6.45) is -0.209. The number of ether oxygens (including phenoxy) is 1. The second kappa shape index (κ2) is 9.64. The van der Waals surface area contributed by atoms with Gasteiger partial charge in [-0.2, -0.15) is 0 Å². The highest BCUT2D eigenvalue weighted by atomic mass is 32.1. The van der Waals surface area contributed by atoms with E-state index in [1.807, 2.05) is 0 Å². The van der Waals surface area contributed by atoms with Crippen molar-refractivity contribution >= 4 is 34.3 Å². The van der Waals surface area contributed by atoms with E-state index in [0.29, 0.717) is 23.0 Å². The normalized spacial score (nSPS) is 10.3. The van der Waals surface area contributed by atoms with E-state index >= 15 is 0 Å². The van der Waals surface area contributed by atoms with E-state index in [-0.39, 0.29) is 25.4 Å². The Morgan fingerprint density at radius 2 is 2.00 bits per heavy atom. The Hall–Kier alpha value is -2.78. The standard InChI is InChI=1S/C17H19N3O5S/c1-25-8-7-20(16(24)12-5-3-2-4-6-12)10-14(21)19-17-18-13(11-26-17)9-15(22)23/h2-6,11H,7-10H2,1H3,(H,22,23)(H,18,19,21). The van der Waals surface area contributed by atoms with Crippen LogP contribution in [0.15, 0.2) is 35.7 Å². The summed E-state index contributed by atoms with van der Waals surface area (Å²) in [5, 5.41) is 13.2. The number of carbonyl (C=O) groups is 3. The molecule has 2 aromatic rings. The monoisotopic (exact) mass is 377 g/mol. The number of carboxylic acids is 1. The number of rotatable bonds is 9. The van der Waals surface area contributed by atoms with Crippen LogP contribution in [0.3, 0.4) is 0 Å². The summed E-state index contributed by atoms with van der Waals surface area (Å²) >= 11 is 1.14. The first kappa shape index (κ1) is 19.5. The van der Waals surface area contributed by atoms with Crippen molar-refractivity contribution in [1.82, 2.24) is 9.88 Å². The van der Waals surface area contributed by atoms with Crippen molar-refractivity contribution in [3.05, 3.63) is 47.0 Å². The molecule has 2 rings (SSSR count). The number of hydrogen-bond acceptors (Lipinski definition) is 6. The number of nitrogens with zero attached hydrogens (tertiary/aromatic N) is 2. The van der Waals surface area contributed by atoms with Gasteiger partial charge in [0.25, 0.3) is 5.91 Å². The fourth-order valence-corrected chi connectivity index (χ4v) is 2.88. The molecule has 8 nitrogen and oxygen atoms in total. The zero-order chi connectivity index (χ0) is 18.9. The molecule has 9 heteroatoms. The number of nitrogens with one attached hydrogen (secondary N) is 1. The lowest BCUT2D eigenvalue weighted by atomic mass is 10.2. The van der Waals surface area contributed by atoms with Crippen molar-refractivity contribution in [2.24, 2.45) is 0 Å². The van der Waals surface area contributed by atoms with Gasteiger partial charge in [0, 0.05) is 24.6 Å². The van der Waals surface area contributed by atoms with Crippen molar-refractivity contribution in [2.75, 3.05) is 32.1 Å². The maximum atomic E-state index is 12.6. The van der Waals surface area contributed by atoms with Gasteiger partial charge in [0.1, 0.15) is 6.54 Å². The molecule has 0 radical (unpaired) electrons. The van der Waals surface area contributed by atoms with Gasteiger partial charge in [-0.3, -0.25) is 14.4 Å². The molecule has 0 bridgehead atoms. The summed E-state index contributed by atoms with van der Waals surface area (Å²) in [4.78, 5) is 40.9. The number of carbonyl (C=O) groups excluding carboxylic acids is 2. The molecule has 0 aliphatic heterocycles. The maximum Gasteiger partial charge on any atom is 0.309 e. The zero-order valence-electron chi connectivity index (χ0n) is 14.2. The molecule has 0 spiro atoms. The summed E-state index contributed by atoms with van der Waals surface area (Å²) in [7, 11) is 1.52. The fraction of sp³-hybridized carbons (Fsp3) is 0.294. The molecular formula is C17H19N3O5S. The van der Waals surface area contributed by atoms with Crippen LogP contribution in [0.2, 0.25) is 0 Å². The molecule has 0 unspecified atom stereocenters. The van der Waals surface area contributed by atoms with Crippen molar-refractivity contribution in [3.63, 3.8) is 0 Å². The highest BCUT2D eigenvalue weighted by molar-refractivity contribution is 7.13. The van der Waals surface area contributed by atoms with Crippen LogP contribution in [0.1, 0.15) is 16.1 Å². The summed E-state index contributed by atoms with van der Waals surface area (Å²) in [6, 6.07) is 8.67. The van der Waals surface area contributed by atoms with Crippen LogP contribution in [0.4, 0.5) is 5.13 Å². The number of amides is 2. The Morgan fingerprint density at radius 3 is 2.65 bits per heavy atom. The highest BCUT2D eigenvalue weighted by Crippen LogP contribution is 2.16. The number of hydrogen-bond donors (Lipinski definition) is 2. The number of aliphatic carboxylic acids is 1. The van der Waals surface area contributed by atoms with Crippen molar-refractivity contribution < 1.29 is 24.2 Å². The van der Waals surface area contributed by atoms with Gasteiger partial charge in [-0.05, 0) is 12.1 Å². The molecule has 0 fully saturated rings. The first-order valence-electron chi connectivity index (χ1n) is 7.79. The lowest BCUT2D eigenvalue weighted by Gasteiger charge is -2.21. The van der Waals surface area contributed by atoms with E-state index in [1.165, 1.54) is 12.0 Å². The van der Waals surface area contributed by atoms with E-state index in [1.54, 1.807) is 35.7 Å². The molecule has 0 atom stereocenters. The number of anilines is 1. The van der Waals surface area contributed by atoms with E-state index < -0.39 is 11.9 Å². The minimum absolute atomic E-state index is 0.162. The van der Waals surface area contributed by atoms with Gasteiger partial charge in [-0.15, -0.1) is 11.3 Å². The summed E-state index contributed by atoms with van der Waals surface area (Å²) in [5.74, 6) is -1.68. The fourth-order valence-electron chi connectivity index (χ4n) is 2.15. The van der Waals surface area contributed by atoms with Gasteiger partial charge in [0.05, 0.1) is 18.7 Å². The van der Waals surface area contributed by atoms with Gasteiger partial charge in [0.2, 0.25) is 5.91 Å². The van der Waals surface area contributed by atoms with Crippen LogP contribution in [0, 0.1) is 0 Å². The molecule has 0 aliphatic rings. The van der Waals surface area contributed by atoms with Crippen molar-refractivity contribution in [1.29, 1.82) is 0 Å². The van der Waals surface area contributed by atoms with Gasteiger partial charge in [-0.1, -0.05) is 18.2 Å². The molecule has 2 amide bonds. The third-order valence-corrected chi connectivity index (χ3v) is 4.14. The molecule has 26 heavy (non-hydrogen) atoms. The third-order valence-electron chi connectivity index (χ3n) is 3.34. The molecule has 0 aliphatic carbocycles. The van der Waals surface area contributed by atoms with Crippen LogP contribution in [-0.4, -0.2) is 59.6 Å². The highest BCUT2D eigenvalue weighted by Gasteiger charge is 2.19. The minimum atomic E-state index is -0.993. The minimum Gasteiger partial charge on any atom is -0.481 e. The summed E-state index contributed by atoms with van der Waals surface area (Å²) in [6.45, 7) is 0.399. The maximum absolute atomic E-state index is 12.6. The third kappa shape index (κ3) is 5.94. The quantitative estimate of drug-likeness (QED) is 0.685. The van der Waals surface area contributed by atoms with Crippen molar-refractivity contribution in [2.45, 2.75) is 6.42 Å². The number of benzene rings is 1. The zero-order valence-corrected chi connectivity index (χ0v) is 15.0. The number of carboxylic acid groups (broad SMARTS) is 1. The molecule has 0 saturated heterocycles. The molecular weight excluding hydrogens is 358 g/mol. The predicted molar refractivity (Wildman–Crippen MR) is 96.3 cm³/mol. The topological polar surface area (TPSA) is 109 Å². The first-order valence-corrected chi connectivity index (χ1v) is 8.67. The van der Waals surface area contributed by atoms with E-state index in [4.69, 9.17) is 9.84 Å². The predicted octanol–water partition coefficient (Wildman–Crippen LogP) is 1.50. The molecule has 1 aromatic carbocycles. The Bertz CT molecular complexity index is 763. The van der Waals surface area contributed by atoms with Gasteiger partial charge < -0.3 is 20.1 Å². The summed E-state index contributed by atoms with van der Waals surface area (Å²) < 4.78 is 5.01. The lowest BCUT2D eigenvalue weighted by molar-refractivity contribution is -0.136. The van der Waals surface area contributed by atoms with Crippen LogP contribution in [0.5, 0.6) is 0 Å². The van der Waals surface area contributed by atoms with Crippen LogP contribution >= 0.6 is 11.3 Å². The first-order chi connectivity index (χ1) is 12.5. The van der Waals surface area contributed by atoms with Gasteiger partial charge in [0.15, 0.2) is 5.13 Å². The molecule has 1 aromatic heterocycles. The smallest absolute Gasteiger partial charge is 0.309 e. The van der Waals surface area contributed by atoms with Crippen LogP contribution < -0.4 is 5.32 Å². The Kier molecular flexibility index (Phi) is 7.24.